The predicted octanol–water partition coefficient (Wildman–Crippen LogP) is 3.75. The average molecular weight is 382 g/mol. The molecule has 2 atom stereocenters. The molecule has 1 aromatic heterocycles. The lowest BCUT2D eigenvalue weighted by Gasteiger charge is -2.07. The zero-order chi connectivity index (χ0) is 18.8. The molecule has 0 spiro atoms. The predicted molar refractivity (Wildman–Crippen MR) is 107 cm³/mol. The highest BCUT2D eigenvalue weighted by Gasteiger charge is 2.47. The van der Waals surface area contributed by atoms with Gasteiger partial charge in [0.25, 0.3) is 0 Å². The van der Waals surface area contributed by atoms with Crippen LogP contribution < -0.4 is 10.6 Å². The van der Waals surface area contributed by atoms with Crippen molar-refractivity contribution in [3.05, 3.63) is 65.3 Å². The molecule has 0 bridgehead atoms. The molecule has 2 unspecified atom stereocenters. The number of rotatable bonds is 6. The monoisotopic (exact) mass is 381 g/mol. The third-order valence-corrected chi connectivity index (χ3v) is 5.29. The summed E-state index contributed by atoms with van der Waals surface area (Å²) >= 11 is 6.05. The van der Waals surface area contributed by atoms with Crippen molar-refractivity contribution in [2.75, 3.05) is 11.9 Å². The summed E-state index contributed by atoms with van der Waals surface area (Å²) in [6, 6.07) is 15.2. The van der Waals surface area contributed by atoms with Gasteiger partial charge in [0.1, 0.15) is 0 Å². The maximum absolute atomic E-state index is 12.3. The van der Waals surface area contributed by atoms with Crippen molar-refractivity contribution in [2.45, 2.75) is 12.8 Å². The normalized spacial score (nSPS) is 18.3. The lowest BCUT2D eigenvalue weighted by atomic mass is 10.1. The number of fused-ring (bicyclic) bond motifs is 1. The van der Waals surface area contributed by atoms with Gasteiger partial charge in [0.05, 0.1) is 22.5 Å². The standard InChI is InChI=1S/C21H20ClN3O2/c22-17-6-2-4-8-19(17)25-21(27)16-11-15(16)20(26)23-10-9-13-12-24-18-7-3-1-5-14(13)18/h1-8,12,15-16,24H,9-11H2,(H,23,26)(H,25,27). The largest absolute Gasteiger partial charge is 0.361 e. The molecule has 1 aliphatic carbocycles. The highest BCUT2D eigenvalue weighted by molar-refractivity contribution is 6.33. The number of H-pyrrole nitrogens is 1. The van der Waals surface area contributed by atoms with Crippen molar-refractivity contribution >= 4 is 40.0 Å². The number of para-hydroxylation sites is 2. The number of anilines is 1. The van der Waals surface area contributed by atoms with Crippen LogP contribution in [0.3, 0.4) is 0 Å². The third kappa shape index (κ3) is 3.83. The van der Waals surface area contributed by atoms with Gasteiger partial charge in [-0.3, -0.25) is 9.59 Å². The molecule has 27 heavy (non-hydrogen) atoms. The number of hydrogen-bond acceptors (Lipinski definition) is 2. The minimum Gasteiger partial charge on any atom is -0.361 e. The van der Waals surface area contributed by atoms with Crippen molar-refractivity contribution in [1.82, 2.24) is 10.3 Å². The fourth-order valence-electron chi connectivity index (χ4n) is 3.35. The number of carbonyl (C=O) groups excluding carboxylic acids is 2. The Labute approximate surface area is 162 Å². The molecule has 1 fully saturated rings. The van der Waals surface area contributed by atoms with E-state index in [1.165, 1.54) is 10.9 Å². The van der Waals surface area contributed by atoms with E-state index in [-0.39, 0.29) is 23.7 Å². The van der Waals surface area contributed by atoms with Gasteiger partial charge in [0.2, 0.25) is 11.8 Å². The molecule has 2 aromatic carbocycles. The van der Waals surface area contributed by atoms with E-state index in [9.17, 15) is 9.59 Å². The number of benzene rings is 2. The molecule has 4 rings (SSSR count). The van der Waals surface area contributed by atoms with Crippen LogP contribution >= 0.6 is 11.6 Å². The number of halogens is 1. The van der Waals surface area contributed by atoms with E-state index < -0.39 is 0 Å². The third-order valence-electron chi connectivity index (χ3n) is 4.96. The fraction of sp³-hybridized carbons (Fsp3) is 0.238. The Morgan fingerprint density at radius 1 is 1.04 bits per heavy atom. The molecule has 6 heteroatoms. The van der Waals surface area contributed by atoms with E-state index in [1.54, 1.807) is 18.2 Å². The average Bonchev–Trinajstić information content (AvgIpc) is 3.39. The molecule has 1 heterocycles. The fourth-order valence-corrected chi connectivity index (χ4v) is 3.54. The van der Waals surface area contributed by atoms with E-state index >= 15 is 0 Å². The van der Waals surface area contributed by atoms with Crippen molar-refractivity contribution in [3.63, 3.8) is 0 Å². The second kappa shape index (κ2) is 7.45. The lowest BCUT2D eigenvalue weighted by molar-refractivity contribution is -0.125. The van der Waals surface area contributed by atoms with Crippen LogP contribution in [-0.2, 0) is 16.0 Å². The Hall–Kier alpha value is -2.79. The van der Waals surface area contributed by atoms with Gasteiger partial charge in [-0.15, -0.1) is 0 Å². The van der Waals surface area contributed by atoms with Gasteiger partial charge in [-0.2, -0.15) is 0 Å². The van der Waals surface area contributed by atoms with Gasteiger partial charge in [-0.05, 0) is 36.6 Å². The number of aromatic nitrogens is 1. The molecular weight excluding hydrogens is 362 g/mol. The topological polar surface area (TPSA) is 74.0 Å². The minimum absolute atomic E-state index is 0.0610. The van der Waals surface area contributed by atoms with Crippen LogP contribution in [0.15, 0.2) is 54.7 Å². The Morgan fingerprint density at radius 2 is 1.78 bits per heavy atom. The van der Waals surface area contributed by atoms with Crippen molar-refractivity contribution in [1.29, 1.82) is 0 Å². The second-order valence-electron chi connectivity index (χ2n) is 6.82. The van der Waals surface area contributed by atoms with Crippen LogP contribution in [0, 0.1) is 11.8 Å². The lowest BCUT2D eigenvalue weighted by Crippen LogP contribution is -2.29. The van der Waals surface area contributed by atoms with Crippen LogP contribution in [0.5, 0.6) is 0 Å². The summed E-state index contributed by atoms with van der Waals surface area (Å²) < 4.78 is 0. The first-order valence-electron chi connectivity index (χ1n) is 9.01. The summed E-state index contributed by atoms with van der Waals surface area (Å²) in [5.41, 5.74) is 2.85. The highest BCUT2D eigenvalue weighted by atomic mass is 35.5. The minimum atomic E-state index is -0.283. The molecule has 5 nitrogen and oxygen atoms in total. The quantitative estimate of drug-likeness (QED) is 0.608. The number of carbonyl (C=O) groups is 2. The first kappa shape index (κ1) is 17.6. The Bertz CT molecular complexity index is 998. The zero-order valence-electron chi connectivity index (χ0n) is 14.7. The van der Waals surface area contributed by atoms with Gasteiger partial charge in [-0.25, -0.2) is 0 Å². The van der Waals surface area contributed by atoms with Crippen LogP contribution in [-0.4, -0.2) is 23.3 Å². The number of amides is 2. The summed E-state index contributed by atoms with van der Waals surface area (Å²) in [5, 5.41) is 7.42. The first-order valence-corrected chi connectivity index (χ1v) is 9.39. The first-order chi connectivity index (χ1) is 13.1. The van der Waals surface area contributed by atoms with Crippen molar-refractivity contribution < 1.29 is 9.59 Å². The Morgan fingerprint density at radius 3 is 2.63 bits per heavy atom. The van der Waals surface area contributed by atoms with E-state index in [4.69, 9.17) is 11.6 Å². The van der Waals surface area contributed by atoms with Crippen LogP contribution in [0.4, 0.5) is 5.69 Å². The van der Waals surface area contributed by atoms with Gasteiger partial charge >= 0.3 is 0 Å². The highest BCUT2D eigenvalue weighted by Crippen LogP contribution is 2.40. The molecule has 3 N–H and O–H groups in total. The van der Waals surface area contributed by atoms with Crippen LogP contribution in [0.2, 0.25) is 5.02 Å². The molecule has 1 saturated carbocycles. The maximum Gasteiger partial charge on any atom is 0.228 e. The summed E-state index contributed by atoms with van der Waals surface area (Å²) in [7, 11) is 0. The number of nitrogens with one attached hydrogen (secondary N) is 3. The molecule has 0 saturated heterocycles. The summed E-state index contributed by atoms with van der Waals surface area (Å²) in [4.78, 5) is 27.8. The maximum atomic E-state index is 12.3. The SMILES string of the molecule is O=C(NCCc1c[nH]c2ccccc12)C1CC1C(=O)Nc1ccccc1Cl. The van der Waals surface area contributed by atoms with E-state index in [1.807, 2.05) is 30.5 Å². The number of aromatic amines is 1. The summed E-state index contributed by atoms with van der Waals surface area (Å²) in [6.07, 6.45) is 3.31. The van der Waals surface area contributed by atoms with Crippen LogP contribution in [0.1, 0.15) is 12.0 Å². The van der Waals surface area contributed by atoms with E-state index in [0.717, 1.165) is 11.9 Å². The Balaban J connectivity index is 1.26. The molecular formula is C21H20ClN3O2. The van der Waals surface area contributed by atoms with Gasteiger partial charge in [-0.1, -0.05) is 41.9 Å². The van der Waals surface area contributed by atoms with Gasteiger partial charge in [0, 0.05) is 23.6 Å². The summed E-state index contributed by atoms with van der Waals surface area (Å²) in [6.45, 7) is 0.552. The van der Waals surface area contributed by atoms with Crippen molar-refractivity contribution in [2.24, 2.45) is 11.8 Å². The van der Waals surface area contributed by atoms with Gasteiger partial charge < -0.3 is 15.6 Å². The van der Waals surface area contributed by atoms with Crippen LogP contribution in [0.25, 0.3) is 10.9 Å². The molecule has 2 amide bonds. The van der Waals surface area contributed by atoms with Gasteiger partial charge in [0.15, 0.2) is 0 Å². The summed E-state index contributed by atoms with van der Waals surface area (Å²) in [5.74, 6) is -0.751. The molecule has 138 valence electrons. The molecule has 3 aromatic rings. The molecule has 0 aliphatic heterocycles. The molecule has 1 aliphatic rings. The number of hydrogen-bond donors (Lipinski definition) is 3. The smallest absolute Gasteiger partial charge is 0.228 e. The molecule has 0 radical (unpaired) electrons. The van der Waals surface area contributed by atoms with E-state index in [0.29, 0.717) is 23.7 Å². The zero-order valence-corrected chi connectivity index (χ0v) is 15.4. The van der Waals surface area contributed by atoms with E-state index in [2.05, 4.69) is 21.7 Å². The Kier molecular flexibility index (Phi) is 4.86. The van der Waals surface area contributed by atoms with Crippen molar-refractivity contribution in [3.8, 4) is 0 Å². The second-order valence-corrected chi connectivity index (χ2v) is 7.23.